The fraction of sp³-hybridized carbons (Fsp3) is 0.421. The number of aromatic amines is 1. The Bertz CT molecular complexity index is 850. The number of piperidine rings is 1. The highest BCUT2D eigenvalue weighted by Crippen LogP contribution is 2.58. The van der Waals surface area contributed by atoms with E-state index in [2.05, 4.69) is 20.6 Å². The Kier molecular flexibility index (Phi) is 3.92. The lowest BCUT2D eigenvalue weighted by Gasteiger charge is -2.23. The molecule has 0 bridgehead atoms. The Balaban J connectivity index is 1.44. The summed E-state index contributed by atoms with van der Waals surface area (Å²) >= 11 is 0. The number of anilines is 1. The predicted molar refractivity (Wildman–Crippen MR) is 96.3 cm³/mol. The molecule has 1 aromatic carbocycles. The van der Waals surface area contributed by atoms with Gasteiger partial charge in [0.15, 0.2) is 0 Å². The molecule has 2 aromatic rings. The van der Waals surface area contributed by atoms with Gasteiger partial charge in [0.25, 0.3) is 5.56 Å². The van der Waals surface area contributed by atoms with Crippen molar-refractivity contribution >= 4 is 11.6 Å². The number of benzene rings is 1. The lowest BCUT2D eigenvalue weighted by Crippen LogP contribution is -2.31. The number of H-pyrrole nitrogens is 1. The molecule has 3 N–H and O–H groups in total. The second-order valence-corrected chi connectivity index (χ2v) is 7.17. The van der Waals surface area contributed by atoms with Crippen LogP contribution in [-0.2, 0) is 4.79 Å². The molecule has 0 radical (unpaired) electrons. The molecule has 1 aliphatic heterocycles. The molecule has 2 aliphatic rings. The molecule has 1 atom stereocenters. The van der Waals surface area contributed by atoms with Crippen molar-refractivity contribution < 1.29 is 4.79 Å². The third kappa shape index (κ3) is 3.22. The van der Waals surface area contributed by atoms with Crippen molar-refractivity contribution in [2.24, 2.45) is 11.3 Å². The second kappa shape index (κ2) is 6.11. The van der Waals surface area contributed by atoms with Crippen LogP contribution in [0, 0.1) is 18.3 Å². The summed E-state index contributed by atoms with van der Waals surface area (Å²) in [5.74, 6) is 0.805. The number of amides is 1. The minimum Gasteiger partial charge on any atom is -0.326 e. The highest BCUT2D eigenvalue weighted by Gasteiger charge is 2.57. The lowest BCUT2D eigenvalue weighted by molar-refractivity contribution is -0.118. The average Bonchev–Trinajstić information content (AvgIpc) is 3.28. The molecule has 1 aromatic heterocycles. The zero-order chi connectivity index (χ0) is 17.4. The summed E-state index contributed by atoms with van der Waals surface area (Å²) in [5.41, 5.74) is 2.35. The van der Waals surface area contributed by atoms with E-state index >= 15 is 0 Å². The molecule has 1 spiro atoms. The molecule has 1 aliphatic carbocycles. The fourth-order valence-corrected chi connectivity index (χ4v) is 3.85. The smallest absolute Gasteiger partial charge is 0.251 e. The SMILES string of the molecule is Cc1cc(=O)[nH]c(-c2ccc(NC(=O)C3CC34CCNCC4)cc2)n1. The summed E-state index contributed by atoms with van der Waals surface area (Å²) in [6.07, 6.45) is 3.19. The predicted octanol–water partition coefficient (Wildman–Crippen LogP) is 2.07. The second-order valence-electron chi connectivity index (χ2n) is 7.17. The number of rotatable bonds is 3. The van der Waals surface area contributed by atoms with Crippen molar-refractivity contribution in [1.82, 2.24) is 15.3 Å². The first-order chi connectivity index (χ1) is 12.1. The fourth-order valence-electron chi connectivity index (χ4n) is 3.85. The van der Waals surface area contributed by atoms with Gasteiger partial charge in [-0.05, 0) is 69.0 Å². The van der Waals surface area contributed by atoms with Gasteiger partial charge in [0, 0.05) is 28.9 Å². The first-order valence-electron chi connectivity index (χ1n) is 8.76. The Morgan fingerprint density at radius 3 is 2.64 bits per heavy atom. The molecule has 1 amide bonds. The van der Waals surface area contributed by atoms with E-state index in [-0.39, 0.29) is 22.8 Å². The summed E-state index contributed by atoms with van der Waals surface area (Å²) in [6, 6.07) is 8.89. The van der Waals surface area contributed by atoms with Gasteiger partial charge < -0.3 is 15.6 Å². The van der Waals surface area contributed by atoms with Gasteiger partial charge in [-0.15, -0.1) is 0 Å². The first kappa shape index (κ1) is 16.0. The van der Waals surface area contributed by atoms with Crippen molar-refractivity contribution in [3.05, 3.63) is 46.4 Å². The van der Waals surface area contributed by atoms with Crippen LogP contribution in [0.2, 0.25) is 0 Å². The molecule has 6 nitrogen and oxygen atoms in total. The van der Waals surface area contributed by atoms with Crippen molar-refractivity contribution in [3.63, 3.8) is 0 Å². The van der Waals surface area contributed by atoms with Crippen molar-refractivity contribution in [1.29, 1.82) is 0 Å². The van der Waals surface area contributed by atoms with Crippen molar-refractivity contribution in [3.8, 4) is 11.4 Å². The lowest BCUT2D eigenvalue weighted by atomic mass is 9.92. The number of carbonyl (C=O) groups excluding carboxylic acids is 1. The zero-order valence-electron chi connectivity index (χ0n) is 14.3. The molecule has 25 heavy (non-hydrogen) atoms. The van der Waals surface area contributed by atoms with E-state index in [0.29, 0.717) is 11.5 Å². The van der Waals surface area contributed by atoms with Crippen LogP contribution in [0.4, 0.5) is 5.69 Å². The standard InChI is InChI=1S/C19H22N4O2/c1-12-10-16(24)23-17(21-12)13-2-4-14(5-3-13)22-18(25)15-11-19(15)6-8-20-9-7-19/h2-5,10,15,20H,6-9,11H2,1H3,(H,22,25)(H,21,23,24). The summed E-state index contributed by atoms with van der Waals surface area (Å²) in [6.45, 7) is 3.82. The highest BCUT2D eigenvalue weighted by atomic mass is 16.2. The summed E-state index contributed by atoms with van der Waals surface area (Å²) in [4.78, 5) is 31.1. The van der Waals surface area contributed by atoms with Crippen LogP contribution in [0.25, 0.3) is 11.4 Å². The third-order valence-electron chi connectivity index (χ3n) is 5.40. The van der Waals surface area contributed by atoms with E-state index in [0.717, 1.165) is 43.6 Å². The van der Waals surface area contributed by atoms with E-state index in [9.17, 15) is 9.59 Å². The minimum atomic E-state index is -0.166. The van der Waals surface area contributed by atoms with Crippen LogP contribution < -0.4 is 16.2 Å². The molecular weight excluding hydrogens is 316 g/mol. The van der Waals surface area contributed by atoms with E-state index in [1.807, 2.05) is 24.3 Å². The maximum Gasteiger partial charge on any atom is 0.251 e. The number of aromatic nitrogens is 2. The van der Waals surface area contributed by atoms with Gasteiger partial charge in [-0.3, -0.25) is 9.59 Å². The van der Waals surface area contributed by atoms with Gasteiger partial charge in [-0.25, -0.2) is 4.98 Å². The first-order valence-corrected chi connectivity index (χ1v) is 8.76. The van der Waals surface area contributed by atoms with Crippen LogP contribution in [0.3, 0.4) is 0 Å². The summed E-state index contributed by atoms with van der Waals surface area (Å²) in [7, 11) is 0. The third-order valence-corrected chi connectivity index (χ3v) is 5.40. The molecule has 4 rings (SSSR count). The molecular formula is C19H22N4O2. The number of hydrogen-bond acceptors (Lipinski definition) is 4. The Morgan fingerprint density at radius 1 is 1.24 bits per heavy atom. The van der Waals surface area contributed by atoms with E-state index < -0.39 is 0 Å². The van der Waals surface area contributed by atoms with Gasteiger partial charge in [0.05, 0.1) is 0 Å². The quantitative estimate of drug-likeness (QED) is 0.800. The van der Waals surface area contributed by atoms with Gasteiger partial charge in [0.1, 0.15) is 5.82 Å². The van der Waals surface area contributed by atoms with Gasteiger partial charge in [0.2, 0.25) is 5.91 Å². The maximum absolute atomic E-state index is 12.5. The number of nitrogens with zero attached hydrogens (tertiary/aromatic N) is 1. The topological polar surface area (TPSA) is 86.9 Å². The van der Waals surface area contributed by atoms with Crippen LogP contribution in [-0.4, -0.2) is 29.0 Å². The number of aryl methyl sites for hydroxylation is 1. The Morgan fingerprint density at radius 2 is 1.96 bits per heavy atom. The molecule has 2 heterocycles. The normalized spacial score (nSPS) is 21.1. The average molecular weight is 338 g/mol. The molecule has 6 heteroatoms. The summed E-state index contributed by atoms with van der Waals surface area (Å²) in [5, 5.41) is 6.38. The molecule has 1 saturated carbocycles. The molecule has 2 fully saturated rings. The maximum atomic E-state index is 12.5. The monoisotopic (exact) mass is 338 g/mol. The van der Waals surface area contributed by atoms with E-state index in [4.69, 9.17) is 0 Å². The zero-order valence-corrected chi connectivity index (χ0v) is 14.3. The summed E-state index contributed by atoms with van der Waals surface area (Å²) < 4.78 is 0. The molecule has 130 valence electrons. The van der Waals surface area contributed by atoms with Crippen LogP contribution >= 0.6 is 0 Å². The van der Waals surface area contributed by atoms with Gasteiger partial charge in [-0.1, -0.05) is 0 Å². The molecule has 1 saturated heterocycles. The van der Waals surface area contributed by atoms with E-state index in [1.165, 1.54) is 6.07 Å². The van der Waals surface area contributed by atoms with E-state index in [1.54, 1.807) is 6.92 Å². The van der Waals surface area contributed by atoms with Crippen LogP contribution in [0.5, 0.6) is 0 Å². The van der Waals surface area contributed by atoms with Gasteiger partial charge in [-0.2, -0.15) is 0 Å². The minimum absolute atomic E-state index is 0.122. The van der Waals surface area contributed by atoms with Gasteiger partial charge >= 0.3 is 0 Å². The van der Waals surface area contributed by atoms with Crippen LogP contribution in [0.1, 0.15) is 25.0 Å². The van der Waals surface area contributed by atoms with Crippen molar-refractivity contribution in [2.75, 3.05) is 18.4 Å². The van der Waals surface area contributed by atoms with Crippen molar-refractivity contribution in [2.45, 2.75) is 26.2 Å². The Labute approximate surface area is 146 Å². The molecule has 1 unspecified atom stereocenters. The number of carbonyl (C=O) groups is 1. The largest absolute Gasteiger partial charge is 0.326 e. The van der Waals surface area contributed by atoms with Crippen LogP contribution in [0.15, 0.2) is 35.1 Å². The Hall–Kier alpha value is -2.47. The number of nitrogens with one attached hydrogen (secondary N) is 3. The number of hydrogen-bond donors (Lipinski definition) is 3. The highest BCUT2D eigenvalue weighted by molar-refractivity contribution is 5.95.